The van der Waals surface area contributed by atoms with Crippen molar-refractivity contribution in [2.24, 2.45) is 0 Å². The van der Waals surface area contributed by atoms with E-state index in [4.69, 9.17) is 4.74 Å². The molecule has 0 unspecified atom stereocenters. The molecule has 4 aromatic rings. The molecule has 1 amide bonds. The van der Waals surface area contributed by atoms with Gasteiger partial charge in [0.2, 0.25) is 0 Å². The number of H-pyrrole nitrogens is 1. The molecule has 2 heterocycles. The number of nitrogens with zero attached hydrogens (tertiary/aromatic N) is 3. The Bertz CT molecular complexity index is 1170. The van der Waals surface area contributed by atoms with Crippen LogP contribution in [-0.2, 0) is 11.3 Å². The first-order valence-electron chi connectivity index (χ1n) is 9.60. The van der Waals surface area contributed by atoms with Gasteiger partial charge >= 0.3 is 6.09 Å². The van der Waals surface area contributed by atoms with E-state index in [0.29, 0.717) is 23.1 Å². The second-order valence-corrected chi connectivity index (χ2v) is 6.74. The van der Waals surface area contributed by atoms with Crippen molar-refractivity contribution >= 4 is 34.9 Å². The number of aromatic nitrogens is 4. The maximum absolute atomic E-state index is 12.1. The van der Waals surface area contributed by atoms with Gasteiger partial charge in [-0.1, -0.05) is 36.4 Å². The van der Waals surface area contributed by atoms with Gasteiger partial charge in [0, 0.05) is 24.6 Å². The Morgan fingerprint density at radius 1 is 0.968 bits per heavy atom. The van der Waals surface area contributed by atoms with Crippen LogP contribution in [-0.4, -0.2) is 26.3 Å². The lowest BCUT2D eigenvalue weighted by Gasteiger charge is -2.10. The topological polar surface area (TPSA) is 117 Å². The minimum Gasteiger partial charge on any atom is -0.444 e. The first-order valence-corrected chi connectivity index (χ1v) is 9.60. The fourth-order valence-electron chi connectivity index (χ4n) is 2.80. The Morgan fingerprint density at radius 3 is 2.52 bits per heavy atom. The van der Waals surface area contributed by atoms with E-state index in [9.17, 15) is 4.79 Å². The standard InChI is InChI=1S/C22H21N7O2.H2/c1-15-10-19(29-28-15)26-21-13-23-12-20(27-21)24-17-8-5-9-18(11-17)25-22(30)31-14-16-6-3-2-4-7-16;/h2-13H,14H2,1H3,(H,25,30)(H3,24,26,27,28,29);1H. The lowest BCUT2D eigenvalue weighted by molar-refractivity contribution is 0.155. The predicted octanol–water partition coefficient (Wildman–Crippen LogP) is 4.99. The molecular formula is C22H23N7O2. The molecule has 4 rings (SSSR count). The highest BCUT2D eigenvalue weighted by atomic mass is 16.5. The maximum Gasteiger partial charge on any atom is 0.411 e. The predicted molar refractivity (Wildman–Crippen MR) is 121 cm³/mol. The summed E-state index contributed by atoms with van der Waals surface area (Å²) in [5.41, 5.74) is 3.20. The van der Waals surface area contributed by atoms with E-state index >= 15 is 0 Å². The summed E-state index contributed by atoms with van der Waals surface area (Å²) in [7, 11) is 0. The van der Waals surface area contributed by atoms with E-state index in [1.54, 1.807) is 24.5 Å². The summed E-state index contributed by atoms with van der Waals surface area (Å²) < 4.78 is 5.25. The van der Waals surface area contributed by atoms with Crippen LogP contribution in [0.5, 0.6) is 0 Å². The number of hydrogen-bond donors (Lipinski definition) is 4. The third-order valence-corrected chi connectivity index (χ3v) is 4.19. The zero-order valence-electron chi connectivity index (χ0n) is 16.8. The van der Waals surface area contributed by atoms with Crippen molar-refractivity contribution in [3.05, 3.63) is 84.3 Å². The van der Waals surface area contributed by atoms with E-state index in [0.717, 1.165) is 16.9 Å². The molecule has 4 N–H and O–H groups in total. The number of hydrogen-bond acceptors (Lipinski definition) is 7. The van der Waals surface area contributed by atoms with Crippen molar-refractivity contribution in [3.63, 3.8) is 0 Å². The third kappa shape index (κ3) is 5.80. The summed E-state index contributed by atoms with van der Waals surface area (Å²) in [5.74, 6) is 1.75. The highest BCUT2D eigenvalue weighted by Gasteiger charge is 2.06. The van der Waals surface area contributed by atoms with Crippen LogP contribution in [0, 0.1) is 6.92 Å². The summed E-state index contributed by atoms with van der Waals surface area (Å²) in [5, 5.41) is 16.0. The minimum absolute atomic E-state index is 0. The van der Waals surface area contributed by atoms with Crippen LogP contribution >= 0.6 is 0 Å². The second kappa shape index (κ2) is 9.40. The number of anilines is 5. The van der Waals surface area contributed by atoms with Crippen LogP contribution in [0.3, 0.4) is 0 Å². The maximum atomic E-state index is 12.1. The molecule has 2 aromatic heterocycles. The zero-order valence-corrected chi connectivity index (χ0v) is 16.8. The average molecular weight is 417 g/mol. The molecule has 158 valence electrons. The normalized spacial score (nSPS) is 10.4. The van der Waals surface area contributed by atoms with Crippen LogP contribution < -0.4 is 16.0 Å². The van der Waals surface area contributed by atoms with Gasteiger partial charge in [0.15, 0.2) is 17.5 Å². The average Bonchev–Trinajstić information content (AvgIpc) is 3.18. The Balaban J connectivity index is 0.00000289. The van der Waals surface area contributed by atoms with E-state index in [1.807, 2.05) is 55.5 Å². The quantitative estimate of drug-likeness (QED) is 0.335. The van der Waals surface area contributed by atoms with Gasteiger partial charge in [-0.3, -0.25) is 15.4 Å². The van der Waals surface area contributed by atoms with Crippen LogP contribution in [0.1, 0.15) is 12.7 Å². The third-order valence-electron chi connectivity index (χ3n) is 4.19. The molecule has 0 fully saturated rings. The summed E-state index contributed by atoms with van der Waals surface area (Å²) in [6, 6.07) is 18.6. The number of aromatic amines is 1. The molecule has 0 radical (unpaired) electrons. The van der Waals surface area contributed by atoms with Gasteiger partial charge in [0.25, 0.3) is 0 Å². The fourth-order valence-corrected chi connectivity index (χ4v) is 2.80. The van der Waals surface area contributed by atoms with Crippen LogP contribution in [0.25, 0.3) is 0 Å². The number of aryl methyl sites for hydroxylation is 1. The minimum atomic E-state index is -0.527. The molecule has 0 saturated carbocycles. The van der Waals surface area contributed by atoms with Gasteiger partial charge in [-0.15, -0.1) is 0 Å². The number of ether oxygens (including phenoxy) is 1. The van der Waals surface area contributed by atoms with Crippen molar-refractivity contribution in [1.29, 1.82) is 0 Å². The Labute approximate surface area is 180 Å². The molecule has 0 atom stereocenters. The molecular weight excluding hydrogens is 394 g/mol. The Kier molecular flexibility index (Phi) is 6.03. The molecule has 0 saturated heterocycles. The number of nitrogens with one attached hydrogen (secondary N) is 4. The summed E-state index contributed by atoms with van der Waals surface area (Å²) >= 11 is 0. The summed E-state index contributed by atoms with van der Waals surface area (Å²) in [6.45, 7) is 2.12. The van der Waals surface area contributed by atoms with Crippen LogP contribution in [0.2, 0.25) is 0 Å². The van der Waals surface area contributed by atoms with Gasteiger partial charge in [0.05, 0.1) is 12.4 Å². The molecule has 9 nitrogen and oxygen atoms in total. The lowest BCUT2D eigenvalue weighted by Crippen LogP contribution is -2.13. The molecule has 0 aliphatic heterocycles. The van der Waals surface area contributed by atoms with Gasteiger partial charge in [0.1, 0.15) is 6.61 Å². The zero-order chi connectivity index (χ0) is 21.5. The molecule has 9 heteroatoms. The second-order valence-electron chi connectivity index (χ2n) is 6.74. The number of rotatable bonds is 7. The highest BCUT2D eigenvalue weighted by molar-refractivity contribution is 5.85. The number of carbonyl (C=O) groups excluding carboxylic acids is 1. The first-order chi connectivity index (χ1) is 15.1. The van der Waals surface area contributed by atoms with Crippen molar-refractivity contribution in [2.45, 2.75) is 13.5 Å². The van der Waals surface area contributed by atoms with Crippen molar-refractivity contribution in [2.75, 3.05) is 16.0 Å². The molecule has 0 aliphatic carbocycles. The van der Waals surface area contributed by atoms with Crippen molar-refractivity contribution in [1.82, 2.24) is 20.2 Å². The molecule has 0 bridgehead atoms. The smallest absolute Gasteiger partial charge is 0.411 e. The summed E-state index contributed by atoms with van der Waals surface area (Å²) in [6.07, 6.45) is 2.69. The summed E-state index contributed by atoms with van der Waals surface area (Å²) in [4.78, 5) is 20.8. The lowest BCUT2D eigenvalue weighted by atomic mass is 10.2. The van der Waals surface area contributed by atoms with Gasteiger partial charge < -0.3 is 15.4 Å². The van der Waals surface area contributed by atoms with Crippen LogP contribution in [0.15, 0.2) is 73.1 Å². The van der Waals surface area contributed by atoms with E-state index in [2.05, 4.69) is 36.1 Å². The number of carbonyl (C=O) groups is 1. The molecule has 0 spiro atoms. The van der Waals surface area contributed by atoms with Gasteiger partial charge in [-0.05, 0) is 30.7 Å². The van der Waals surface area contributed by atoms with E-state index in [-0.39, 0.29) is 8.03 Å². The molecule has 0 aliphatic rings. The van der Waals surface area contributed by atoms with Gasteiger partial charge in [-0.2, -0.15) is 5.10 Å². The largest absolute Gasteiger partial charge is 0.444 e. The highest BCUT2D eigenvalue weighted by Crippen LogP contribution is 2.20. The van der Waals surface area contributed by atoms with E-state index in [1.165, 1.54) is 0 Å². The van der Waals surface area contributed by atoms with Gasteiger partial charge in [-0.25, -0.2) is 9.78 Å². The Hall–Kier alpha value is -4.40. The fraction of sp³-hybridized carbons (Fsp3) is 0.0909. The monoisotopic (exact) mass is 417 g/mol. The number of amides is 1. The van der Waals surface area contributed by atoms with Crippen molar-refractivity contribution < 1.29 is 11.0 Å². The van der Waals surface area contributed by atoms with Crippen LogP contribution in [0.4, 0.5) is 33.6 Å². The SMILES string of the molecule is Cc1cc(Nc2cncc(Nc3cccc(NC(=O)OCc4ccccc4)c3)n2)n[nH]1.[HH]. The Morgan fingerprint density at radius 2 is 1.74 bits per heavy atom. The molecule has 31 heavy (non-hydrogen) atoms. The molecule has 2 aromatic carbocycles. The first kappa shape index (κ1) is 19.9. The van der Waals surface area contributed by atoms with E-state index < -0.39 is 6.09 Å². The van der Waals surface area contributed by atoms with Crippen molar-refractivity contribution in [3.8, 4) is 0 Å². The number of benzene rings is 2.